The molecule has 1 aromatic carbocycles. The van der Waals surface area contributed by atoms with Gasteiger partial charge in [0.25, 0.3) is 0 Å². The van der Waals surface area contributed by atoms with E-state index in [0.717, 1.165) is 18.0 Å². The van der Waals surface area contributed by atoms with E-state index in [2.05, 4.69) is 21.9 Å². The fourth-order valence-electron chi connectivity index (χ4n) is 5.48. The molecular formula is C21H26N2O3. The van der Waals surface area contributed by atoms with Crippen LogP contribution in [0, 0.1) is 5.92 Å². The molecule has 5 heteroatoms. The Morgan fingerprint density at radius 1 is 1.19 bits per heavy atom. The third-order valence-corrected chi connectivity index (χ3v) is 6.67. The molecule has 0 unspecified atom stereocenters. The largest absolute Gasteiger partial charge is 0.454 e. The van der Waals surface area contributed by atoms with Crippen molar-refractivity contribution in [3.63, 3.8) is 0 Å². The minimum atomic E-state index is 0.273. The first kappa shape index (κ1) is 16.2. The quantitative estimate of drug-likeness (QED) is 0.783. The number of fused-ring (bicyclic) bond motifs is 3. The Kier molecular flexibility index (Phi) is 3.92. The van der Waals surface area contributed by atoms with Crippen LogP contribution in [0.15, 0.2) is 30.4 Å². The van der Waals surface area contributed by atoms with Crippen molar-refractivity contribution in [3.8, 4) is 11.5 Å². The molecule has 4 saturated heterocycles. The Morgan fingerprint density at radius 3 is 2.81 bits per heavy atom. The van der Waals surface area contributed by atoms with Gasteiger partial charge in [-0.25, -0.2) is 0 Å². The highest BCUT2D eigenvalue weighted by atomic mass is 16.7. The number of hydrogen-bond acceptors (Lipinski definition) is 4. The molecule has 1 aromatic rings. The Balaban J connectivity index is 1.48. The average molecular weight is 354 g/mol. The van der Waals surface area contributed by atoms with Crippen LogP contribution in [0.3, 0.4) is 0 Å². The summed E-state index contributed by atoms with van der Waals surface area (Å²) in [6, 6.07) is 7.13. The Bertz CT molecular complexity index is 739. The highest BCUT2D eigenvalue weighted by Crippen LogP contribution is 2.48. The third kappa shape index (κ3) is 2.44. The van der Waals surface area contributed by atoms with Crippen molar-refractivity contribution in [2.75, 3.05) is 26.4 Å². The van der Waals surface area contributed by atoms with Gasteiger partial charge in [-0.1, -0.05) is 18.2 Å². The molecule has 6 rings (SSSR count). The van der Waals surface area contributed by atoms with Gasteiger partial charge in [0.05, 0.1) is 6.04 Å². The number of allylic oxidation sites excluding steroid dienone is 1. The van der Waals surface area contributed by atoms with Crippen molar-refractivity contribution < 1.29 is 14.3 Å². The van der Waals surface area contributed by atoms with Crippen LogP contribution in [0.4, 0.5) is 0 Å². The number of piperidine rings is 3. The van der Waals surface area contributed by atoms with E-state index in [0.29, 0.717) is 37.1 Å². The second-order valence-corrected chi connectivity index (χ2v) is 7.89. The summed E-state index contributed by atoms with van der Waals surface area (Å²) in [5, 5.41) is 0. The van der Waals surface area contributed by atoms with Crippen molar-refractivity contribution in [2.24, 2.45) is 5.92 Å². The molecule has 5 nitrogen and oxygen atoms in total. The number of carbonyl (C=O) groups excluding carboxylic acids is 1. The molecule has 0 aromatic heterocycles. The zero-order valence-electron chi connectivity index (χ0n) is 15.3. The molecule has 5 heterocycles. The standard InChI is InChI=1S/C21H26N2O3/c1-2-3-4-19(24)23-12-16(15-5-6-17-18(11-15)26-13-25-17)21-20(23)14-7-9-22(21)10-8-14/h2-3,5-6,11,14,16,20-21H,4,7-10,12-13H2,1H3/t16-,20+,21+/m0/s1. The molecule has 5 aliphatic rings. The number of nitrogens with zero attached hydrogens (tertiary/aromatic N) is 2. The number of amides is 1. The molecule has 4 fully saturated rings. The molecule has 0 radical (unpaired) electrons. The molecule has 0 aliphatic carbocycles. The predicted molar refractivity (Wildman–Crippen MR) is 98.3 cm³/mol. The van der Waals surface area contributed by atoms with Crippen LogP contribution in [0.1, 0.15) is 37.7 Å². The second kappa shape index (κ2) is 6.31. The maximum absolute atomic E-state index is 12.9. The first-order valence-electron chi connectivity index (χ1n) is 9.80. The summed E-state index contributed by atoms with van der Waals surface area (Å²) >= 11 is 0. The lowest BCUT2D eigenvalue weighted by molar-refractivity contribution is -0.135. The van der Waals surface area contributed by atoms with Gasteiger partial charge in [0.2, 0.25) is 12.7 Å². The molecule has 26 heavy (non-hydrogen) atoms. The molecule has 0 saturated carbocycles. The average Bonchev–Trinajstić information content (AvgIpc) is 3.32. The minimum absolute atomic E-state index is 0.273. The van der Waals surface area contributed by atoms with Gasteiger partial charge in [0, 0.05) is 24.9 Å². The van der Waals surface area contributed by atoms with Gasteiger partial charge >= 0.3 is 0 Å². The van der Waals surface area contributed by atoms with Crippen LogP contribution in [0.5, 0.6) is 11.5 Å². The van der Waals surface area contributed by atoms with Crippen molar-refractivity contribution in [2.45, 2.75) is 44.2 Å². The van der Waals surface area contributed by atoms with E-state index in [1.54, 1.807) is 0 Å². The lowest BCUT2D eigenvalue weighted by Crippen LogP contribution is -2.60. The number of hydrogen-bond donors (Lipinski definition) is 0. The third-order valence-electron chi connectivity index (χ3n) is 6.67. The van der Waals surface area contributed by atoms with Gasteiger partial charge < -0.3 is 14.4 Å². The summed E-state index contributed by atoms with van der Waals surface area (Å²) in [5.74, 6) is 2.95. The van der Waals surface area contributed by atoms with Crippen LogP contribution in [0.2, 0.25) is 0 Å². The minimum Gasteiger partial charge on any atom is -0.454 e. The van der Waals surface area contributed by atoms with Gasteiger partial charge in [0.1, 0.15) is 0 Å². The predicted octanol–water partition coefficient (Wildman–Crippen LogP) is 2.77. The maximum Gasteiger partial charge on any atom is 0.231 e. The van der Waals surface area contributed by atoms with Gasteiger partial charge in [-0.05, 0) is 56.5 Å². The number of rotatable bonds is 3. The van der Waals surface area contributed by atoms with E-state index in [1.807, 2.05) is 25.1 Å². The smallest absolute Gasteiger partial charge is 0.231 e. The summed E-state index contributed by atoms with van der Waals surface area (Å²) < 4.78 is 11.1. The number of ether oxygens (including phenoxy) is 2. The van der Waals surface area contributed by atoms with Gasteiger partial charge in [-0.15, -0.1) is 0 Å². The van der Waals surface area contributed by atoms with E-state index < -0.39 is 0 Å². The molecular weight excluding hydrogens is 328 g/mol. The highest BCUT2D eigenvalue weighted by Gasteiger charge is 2.54. The summed E-state index contributed by atoms with van der Waals surface area (Å²) in [5.41, 5.74) is 1.28. The fraction of sp³-hybridized carbons (Fsp3) is 0.571. The van der Waals surface area contributed by atoms with E-state index in [4.69, 9.17) is 9.47 Å². The molecule has 2 bridgehead atoms. The van der Waals surface area contributed by atoms with Crippen LogP contribution in [0.25, 0.3) is 0 Å². The van der Waals surface area contributed by atoms with Crippen molar-refractivity contribution in [1.82, 2.24) is 9.80 Å². The van der Waals surface area contributed by atoms with Gasteiger partial charge in [-0.3, -0.25) is 9.69 Å². The Labute approximate surface area is 154 Å². The van der Waals surface area contributed by atoms with E-state index in [-0.39, 0.29) is 5.91 Å². The summed E-state index contributed by atoms with van der Waals surface area (Å²) in [7, 11) is 0. The molecule has 5 aliphatic heterocycles. The SMILES string of the molecule is CC=CCC(=O)N1C[C@@H](c2ccc3c(c2)OCO3)[C@@H]2[C@H]1C1CCN2CC1. The molecule has 1 amide bonds. The lowest BCUT2D eigenvalue weighted by Gasteiger charge is -2.51. The molecule has 138 valence electrons. The van der Waals surface area contributed by atoms with Crippen LogP contribution >= 0.6 is 0 Å². The normalized spacial score (nSPS) is 34.5. The van der Waals surface area contributed by atoms with Gasteiger partial charge in [-0.2, -0.15) is 0 Å². The first-order chi connectivity index (χ1) is 12.8. The fourth-order valence-corrected chi connectivity index (χ4v) is 5.48. The first-order valence-corrected chi connectivity index (χ1v) is 9.80. The number of benzene rings is 1. The topological polar surface area (TPSA) is 42.0 Å². The number of likely N-dealkylation sites (tertiary alicyclic amines) is 1. The zero-order valence-corrected chi connectivity index (χ0v) is 15.3. The summed E-state index contributed by atoms with van der Waals surface area (Å²) in [6.45, 7) is 5.44. The highest BCUT2D eigenvalue weighted by molar-refractivity contribution is 5.79. The van der Waals surface area contributed by atoms with Crippen LogP contribution in [-0.2, 0) is 4.79 Å². The van der Waals surface area contributed by atoms with Crippen LogP contribution < -0.4 is 9.47 Å². The van der Waals surface area contributed by atoms with Gasteiger partial charge in [0.15, 0.2) is 11.5 Å². The lowest BCUT2D eigenvalue weighted by atomic mass is 9.75. The number of carbonyl (C=O) groups is 1. The molecule has 0 N–H and O–H groups in total. The van der Waals surface area contributed by atoms with Crippen LogP contribution in [-0.4, -0.2) is 54.2 Å². The Morgan fingerprint density at radius 2 is 2.00 bits per heavy atom. The van der Waals surface area contributed by atoms with Crippen molar-refractivity contribution >= 4 is 5.91 Å². The monoisotopic (exact) mass is 354 g/mol. The van der Waals surface area contributed by atoms with Crippen molar-refractivity contribution in [3.05, 3.63) is 35.9 Å². The summed E-state index contributed by atoms with van der Waals surface area (Å²) in [6.07, 6.45) is 6.91. The molecule has 3 atom stereocenters. The van der Waals surface area contributed by atoms with E-state index >= 15 is 0 Å². The maximum atomic E-state index is 12.9. The Hall–Kier alpha value is -2.01. The zero-order chi connectivity index (χ0) is 17.7. The van der Waals surface area contributed by atoms with E-state index in [9.17, 15) is 4.79 Å². The summed E-state index contributed by atoms with van der Waals surface area (Å²) in [4.78, 5) is 17.7. The molecule has 0 spiro atoms. The van der Waals surface area contributed by atoms with Crippen molar-refractivity contribution in [1.29, 1.82) is 0 Å². The second-order valence-electron chi connectivity index (χ2n) is 7.89. The van der Waals surface area contributed by atoms with E-state index in [1.165, 1.54) is 31.5 Å².